The summed E-state index contributed by atoms with van der Waals surface area (Å²) < 4.78 is 17.4. The van der Waals surface area contributed by atoms with Gasteiger partial charge in [-0.1, -0.05) is 13.8 Å². The van der Waals surface area contributed by atoms with Crippen LogP contribution < -0.4 is 5.73 Å². The number of rotatable bonds is 3. The van der Waals surface area contributed by atoms with Gasteiger partial charge in [0.1, 0.15) is 6.10 Å². The van der Waals surface area contributed by atoms with E-state index in [0.29, 0.717) is 36.7 Å². The van der Waals surface area contributed by atoms with Crippen molar-refractivity contribution in [2.24, 2.45) is 46.2 Å². The van der Waals surface area contributed by atoms with Crippen molar-refractivity contribution >= 4 is 5.97 Å². The normalized spacial score (nSPS) is 57.8. The van der Waals surface area contributed by atoms with Crippen LogP contribution in [0.15, 0.2) is 0 Å². The van der Waals surface area contributed by atoms with Gasteiger partial charge in [0.15, 0.2) is 6.29 Å². The van der Waals surface area contributed by atoms with E-state index in [2.05, 4.69) is 13.8 Å². The Bertz CT molecular complexity index is 901. The maximum absolute atomic E-state index is 12.4. The van der Waals surface area contributed by atoms with Gasteiger partial charge in [0.25, 0.3) is 0 Å². The molecule has 6 rings (SSSR count). The molecule has 6 aliphatic rings. The number of hydrogen-bond acceptors (Lipinski definition) is 8. The number of aliphatic hydroxyl groups is 3. The van der Waals surface area contributed by atoms with Crippen LogP contribution in [0.3, 0.4) is 0 Å². The molecule has 0 amide bonds. The van der Waals surface area contributed by atoms with E-state index in [-0.39, 0.29) is 28.8 Å². The van der Waals surface area contributed by atoms with Gasteiger partial charge in [-0.15, -0.1) is 0 Å². The molecule has 0 unspecified atom stereocenters. The summed E-state index contributed by atoms with van der Waals surface area (Å²) >= 11 is 0. The van der Waals surface area contributed by atoms with Gasteiger partial charge in [0, 0.05) is 5.92 Å². The highest BCUT2D eigenvalue weighted by molar-refractivity contribution is 5.71. The van der Waals surface area contributed by atoms with Crippen LogP contribution in [-0.2, 0) is 19.0 Å². The number of aliphatic hydroxyl groups excluding tert-OH is 2. The SMILES string of the molecule is C[C@@H]1O[C@@H](O[C@H]2CC[C@@]3(C)[C@H](CC[C@@H]4[C@@H]3CC[C@]3(C)[C@@H]([C@H]5COC(=O)C5)CC[C@]43O)C2)[C@H](O)[C@H](N)[C@H]1O. The zero-order valence-electron chi connectivity index (χ0n) is 22.7. The molecule has 0 aromatic heterocycles. The smallest absolute Gasteiger partial charge is 0.306 e. The maximum Gasteiger partial charge on any atom is 0.306 e. The van der Waals surface area contributed by atoms with Gasteiger partial charge in [-0.2, -0.15) is 0 Å². The second kappa shape index (κ2) is 9.13. The van der Waals surface area contributed by atoms with Crippen LogP contribution in [0.2, 0.25) is 0 Å². The number of carbonyl (C=O) groups is 1. The van der Waals surface area contributed by atoms with Crippen LogP contribution in [0.4, 0.5) is 0 Å². The third-order valence-corrected chi connectivity index (χ3v) is 12.6. The van der Waals surface area contributed by atoms with E-state index in [0.717, 1.165) is 57.8 Å². The highest BCUT2D eigenvalue weighted by Crippen LogP contribution is 2.70. The zero-order valence-corrected chi connectivity index (χ0v) is 22.7. The third kappa shape index (κ3) is 3.87. The molecule has 2 heterocycles. The van der Waals surface area contributed by atoms with Crippen molar-refractivity contribution < 1.29 is 34.3 Å². The van der Waals surface area contributed by atoms with Crippen LogP contribution in [0.1, 0.15) is 85.0 Å². The Morgan fingerprint density at radius 1 is 0.973 bits per heavy atom. The van der Waals surface area contributed by atoms with Gasteiger partial charge in [0.2, 0.25) is 0 Å². The molecule has 2 aliphatic heterocycles. The summed E-state index contributed by atoms with van der Waals surface area (Å²) in [4.78, 5) is 11.9. The standard InChI is InChI=1S/C29H47NO7/c1-15-24(32)23(30)25(33)26(36-15)37-18-6-9-27(2)17(13-18)4-5-21-20(27)7-10-28(3)19(8-11-29(21,28)34)16-12-22(31)35-14-16/h15-21,23-26,32-34H,4-14,30H2,1-3H3/t15-,16+,17+,18-,19+,20-,21+,23+,24-,25+,26-,27-,28+,29-/m0/s1. The Labute approximate surface area is 220 Å². The molecule has 8 nitrogen and oxygen atoms in total. The fraction of sp³-hybridized carbons (Fsp3) is 0.966. The van der Waals surface area contributed by atoms with Crippen molar-refractivity contribution in [1.82, 2.24) is 0 Å². The molecular weight excluding hydrogens is 474 g/mol. The van der Waals surface area contributed by atoms with Gasteiger partial charge in [-0.25, -0.2) is 0 Å². The van der Waals surface area contributed by atoms with Crippen molar-refractivity contribution in [3.8, 4) is 0 Å². The average molecular weight is 522 g/mol. The van der Waals surface area contributed by atoms with Crippen molar-refractivity contribution in [3.05, 3.63) is 0 Å². The Hall–Kier alpha value is -0.770. The lowest BCUT2D eigenvalue weighted by Gasteiger charge is -2.64. The minimum atomic E-state index is -1.05. The molecule has 37 heavy (non-hydrogen) atoms. The molecule has 6 fully saturated rings. The number of carbonyl (C=O) groups excluding carboxylic acids is 1. The Morgan fingerprint density at radius 2 is 1.73 bits per heavy atom. The van der Waals surface area contributed by atoms with E-state index in [1.807, 2.05) is 0 Å². The summed E-state index contributed by atoms with van der Waals surface area (Å²) in [5.74, 6) is 1.83. The highest BCUT2D eigenvalue weighted by Gasteiger charge is 2.68. The number of esters is 1. The summed E-state index contributed by atoms with van der Waals surface area (Å²) in [6.45, 7) is 7.04. The molecule has 0 spiro atoms. The highest BCUT2D eigenvalue weighted by atomic mass is 16.7. The molecular formula is C29H47NO7. The lowest BCUT2D eigenvalue weighted by molar-refractivity contribution is -0.289. The predicted molar refractivity (Wildman–Crippen MR) is 135 cm³/mol. The van der Waals surface area contributed by atoms with Gasteiger partial charge >= 0.3 is 5.97 Å². The lowest BCUT2D eigenvalue weighted by atomic mass is 9.43. The molecule has 8 heteroatoms. The Balaban J connectivity index is 1.15. The molecule has 5 N–H and O–H groups in total. The van der Waals surface area contributed by atoms with E-state index in [1.54, 1.807) is 6.92 Å². The van der Waals surface area contributed by atoms with Crippen molar-refractivity contribution in [2.75, 3.05) is 6.61 Å². The fourth-order valence-electron chi connectivity index (χ4n) is 10.3. The zero-order chi connectivity index (χ0) is 26.3. The summed E-state index contributed by atoms with van der Waals surface area (Å²) in [6.07, 6.45) is 6.23. The van der Waals surface area contributed by atoms with Crippen molar-refractivity contribution in [2.45, 2.75) is 127 Å². The van der Waals surface area contributed by atoms with E-state index >= 15 is 0 Å². The molecule has 2 saturated heterocycles. The molecule has 0 aromatic carbocycles. The Kier molecular flexibility index (Phi) is 6.53. The minimum Gasteiger partial charge on any atom is -0.465 e. The molecule has 0 radical (unpaired) electrons. The van der Waals surface area contributed by atoms with Gasteiger partial charge in [0.05, 0.1) is 43.0 Å². The number of ether oxygens (including phenoxy) is 3. The average Bonchev–Trinajstić information content (AvgIpc) is 3.41. The summed E-state index contributed by atoms with van der Waals surface area (Å²) in [7, 11) is 0. The molecule has 210 valence electrons. The minimum absolute atomic E-state index is 0.00312. The topological polar surface area (TPSA) is 131 Å². The van der Waals surface area contributed by atoms with Crippen LogP contribution in [0.5, 0.6) is 0 Å². The van der Waals surface area contributed by atoms with Gasteiger partial charge in [-0.3, -0.25) is 4.79 Å². The first-order chi connectivity index (χ1) is 17.5. The van der Waals surface area contributed by atoms with Gasteiger partial charge in [-0.05, 0) is 99.2 Å². The maximum atomic E-state index is 12.4. The van der Waals surface area contributed by atoms with E-state index in [9.17, 15) is 20.1 Å². The van der Waals surface area contributed by atoms with Crippen molar-refractivity contribution in [1.29, 1.82) is 0 Å². The molecule has 4 aliphatic carbocycles. The molecule has 0 aromatic rings. The molecule has 0 bridgehead atoms. The largest absolute Gasteiger partial charge is 0.465 e. The van der Waals surface area contributed by atoms with Gasteiger partial charge < -0.3 is 35.3 Å². The number of hydrogen-bond donors (Lipinski definition) is 4. The number of cyclic esters (lactones) is 1. The Morgan fingerprint density at radius 3 is 2.46 bits per heavy atom. The fourth-order valence-corrected chi connectivity index (χ4v) is 10.3. The van der Waals surface area contributed by atoms with E-state index < -0.39 is 36.2 Å². The summed E-state index contributed by atoms with van der Waals surface area (Å²) in [5, 5.41) is 33.1. The third-order valence-electron chi connectivity index (χ3n) is 12.6. The summed E-state index contributed by atoms with van der Waals surface area (Å²) in [6, 6.07) is -0.778. The number of nitrogens with two attached hydrogens (primary N) is 1. The monoisotopic (exact) mass is 521 g/mol. The lowest BCUT2D eigenvalue weighted by Crippen LogP contribution is -2.63. The van der Waals surface area contributed by atoms with Crippen LogP contribution in [-0.4, -0.2) is 70.2 Å². The second-order valence-corrected chi connectivity index (χ2v) is 14.0. The first-order valence-electron chi connectivity index (χ1n) is 14.8. The second-order valence-electron chi connectivity index (χ2n) is 14.0. The van der Waals surface area contributed by atoms with E-state index in [4.69, 9.17) is 19.9 Å². The van der Waals surface area contributed by atoms with Crippen LogP contribution in [0, 0.1) is 40.4 Å². The molecule has 4 saturated carbocycles. The number of fused-ring (bicyclic) bond motifs is 5. The van der Waals surface area contributed by atoms with Crippen LogP contribution >= 0.6 is 0 Å². The van der Waals surface area contributed by atoms with Crippen LogP contribution in [0.25, 0.3) is 0 Å². The van der Waals surface area contributed by atoms with Crippen molar-refractivity contribution in [3.63, 3.8) is 0 Å². The first-order valence-corrected chi connectivity index (χ1v) is 14.8. The predicted octanol–water partition coefficient (Wildman–Crippen LogP) is 2.50. The molecule has 14 atom stereocenters. The van der Waals surface area contributed by atoms with E-state index in [1.165, 1.54) is 0 Å². The first kappa shape index (κ1) is 26.5. The quantitative estimate of drug-likeness (QED) is 0.329. The summed E-state index contributed by atoms with van der Waals surface area (Å²) in [5.41, 5.74) is 5.37.